The van der Waals surface area contributed by atoms with E-state index in [1.807, 2.05) is 39.0 Å². The summed E-state index contributed by atoms with van der Waals surface area (Å²) in [6, 6.07) is 6.06. The molecule has 1 aromatic heterocycles. The van der Waals surface area contributed by atoms with Crippen LogP contribution >= 0.6 is 0 Å². The topological polar surface area (TPSA) is 66.0 Å². The average Bonchev–Trinajstić information content (AvgIpc) is 2.64. The molecule has 1 aromatic carbocycles. The molecule has 1 heterocycles. The number of aryl methyl sites for hydroxylation is 3. The van der Waals surface area contributed by atoms with Gasteiger partial charge in [0.2, 0.25) is 5.82 Å². The van der Waals surface area contributed by atoms with Gasteiger partial charge in [0, 0.05) is 11.3 Å². The summed E-state index contributed by atoms with van der Waals surface area (Å²) in [5.41, 5.74) is 4.68. The van der Waals surface area contributed by atoms with Crippen molar-refractivity contribution in [2.24, 2.45) is 0 Å². The Balaban J connectivity index is 2.60. The zero-order valence-electron chi connectivity index (χ0n) is 10.0. The van der Waals surface area contributed by atoms with Crippen molar-refractivity contribution in [2.75, 3.05) is 0 Å². The van der Waals surface area contributed by atoms with Gasteiger partial charge < -0.3 is 10.1 Å². The number of hydrogen-bond acceptors (Lipinski definition) is 2. The maximum atomic E-state index is 10.9. The van der Waals surface area contributed by atoms with Gasteiger partial charge >= 0.3 is 5.97 Å². The minimum absolute atomic E-state index is 0.0154. The average molecular weight is 230 g/mol. The summed E-state index contributed by atoms with van der Waals surface area (Å²) in [6.45, 7) is 5.82. The Morgan fingerprint density at radius 3 is 2.59 bits per heavy atom. The highest BCUT2D eigenvalue weighted by molar-refractivity contribution is 5.85. The minimum Gasteiger partial charge on any atom is -0.475 e. The van der Waals surface area contributed by atoms with Gasteiger partial charge in [-0.05, 0) is 32.4 Å². The number of carboxylic acids is 1. The molecule has 0 saturated heterocycles. The highest BCUT2D eigenvalue weighted by Crippen LogP contribution is 2.25. The Morgan fingerprint density at radius 2 is 2.00 bits per heavy atom. The van der Waals surface area contributed by atoms with Crippen LogP contribution in [-0.4, -0.2) is 21.0 Å². The fraction of sp³-hybridized carbons (Fsp3) is 0.231. The van der Waals surface area contributed by atoms with Crippen molar-refractivity contribution in [3.8, 4) is 11.3 Å². The lowest BCUT2D eigenvalue weighted by Gasteiger charge is -2.05. The van der Waals surface area contributed by atoms with Gasteiger partial charge in [0.1, 0.15) is 0 Å². The summed E-state index contributed by atoms with van der Waals surface area (Å²) in [6.07, 6.45) is 0. The van der Waals surface area contributed by atoms with E-state index in [4.69, 9.17) is 5.11 Å². The maximum absolute atomic E-state index is 10.9. The number of benzene rings is 1. The molecule has 88 valence electrons. The highest BCUT2D eigenvalue weighted by atomic mass is 16.4. The van der Waals surface area contributed by atoms with E-state index in [1.165, 1.54) is 0 Å². The molecule has 0 saturated carbocycles. The molecule has 0 amide bonds. The maximum Gasteiger partial charge on any atom is 0.371 e. The van der Waals surface area contributed by atoms with E-state index in [9.17, 15) is 4.79 Å². The van der Waals surface area contributed by atoms with Gasteiger partial charge in [0.15, 0.2) is 0 Å². The number of hydrogen-bond donors (Lipinski definition) is 2. The molecule has 2 aromatic rings. The molecule has 0 fully saturated rings. The van der Waals surface area contributed by atoms with Crippen LogP contribution in [0.5, 0.6) is 0 Å². The Bertz CT molecular complexity index is 585. The summed E-state index contributed by atoms with van der Waals surface area (Å²) in [7, 11) is 0. The van der Waals surface area contributed by atoms with E-state index in [-0.39, 0.29) is 5.82 Å². The van der Waals surface area contributed by atoms with Gasteiger partial charge in [0.05, 0.1) is 5.69 Å². The molecule has 4 nitrogen and oxygen atoms in total. The summed E-state index contributed by atoms with van der Waals surface area (Å²) in [5, 5.41) is 8.90. The number of carbonyl (C=O) groups is 1. The second kappa shape index (κ2) is 4.05. The van der Waals surface area contributed by atoms with Crippen molar-refractivity contribution in [3.63, 3.8) is 0 Å². The monoisotopic (exact) mass is 230 g/mol. The third-order valence-electron chi connectivity index (χ3n) is 2.74. The molecule has 4 heteroatoms. The van der Waals surface area contributed by atoms with Crippen LogP contribution in [0, 0.1) is 20.8 Å². The molecule has 0 bridgehead atoms. The first-order valence-electron chi connectivity index (χ1n) is 5.36. The molecule has 0 spiro atoms. The van der Waals surface area contributed by atoms with Crippen LogP contribution in [0.3, 0.4) is 0 Å². The van der Waals surface area contributed by atoms with Crippen molar-refractivity contribution in [1.82, 2.24) is 9.97 Å². The Kier molecular flexibility index (Phi) is 2.71. The van der Waals surface area contributed by atoms with E-state index < -0.39 is 5.97 Å². The first-order chi connectivity index (χ1) is 7.99. The Morgan fingerprint density at radius 1 is 1.29 bits per heavy atom. The summed E-state index contributed by atoms with van der Waals surface area (Å²) in [5.74, 6) is -1.05. The van der Waals surface area contributed by atoms with E-state index in [0.29, 0.717) is 5.69 Å². The molecule has 0 aliphatic rings. The molecule has 0 atom stereocenters. The number of H-pyrrole nitrogens is 1. The van der Waals surface area contributed by atoms with Crippen LogP contribution in [0.2, 0.25) is 0 Å². The highest BCUT2D eigenvalue weighted by Gasteiger charge is 2.14. The van der Waals surface area contributed by atoms with Crippen molar-refractivity contribution in [1.29, 1.82) is 0 Å². The molecule has 0 aliphatic carbocycles. The van der Waals surface area contributed by atoms with E-state index in [0.717, 1.165) is 22.4 Å². The number of aromatic carboxylic acids is 1. The number of aromatic amines is 1. The fourth-order valence-electron chi connectivity index (χ4n) is 1.81. The van der Waals surface area contributed by atoms with Crippen LogP contribution in [0.1, 0.15) is 27.4 Å². The van der Waals surface area contributed by atoms with Crippen molar-refractivity contribution >= 4 is 5.97 Å². The van der Waals surface area contributed by atoms with Gasteiger partial charge in [0.25, 0.3) is 0 Å². The van der Waals surface area contributed by atoms with Gasteiger partial charge in [-0.3, -0.25) is 0 Å². The van der Waals surface area contributed by atoms with Gasteiger partial charge in [-0.25, -0.2) is 9.78 Å². The third kappa shape index (κ3) is 2.06. The quantitative estimate of drug-likeness (QED) is 0.833. The van der Waals surface area contributed by atoms with Crippen LogP contribution in [-0.2, 0) is 0 Å². The van der Waals surface area contributed by atoms with E-state index in [1.54, 1.807) is 0 Å². The van der Waals surface area contributed by atoms with Crippen molar-refractivity contribution in [3.05, 3.63) is 40.8 Å². The first-order valence-corrected chi connectivity index (χ1v) is 5.36. The number of imidazole rings is 1. The Labute approximate surface area is 99.3 Å². The van der Waals surface area contributed by atoms with Crippen molar-refractivity contribution in [2.45, 2.75) is 20.8 Å². The van der Waals surface area contributed by atoms with Crippen LogP contribution in [0.25, 0.3) is 11.3 Å². The standard InChI is InChI=1S/C13H14N2O2/c1-7-4-5-8(2)10(6-7)11-9(3)14-12(15-11)13(16)17/h4-6H,1-3H3,(H,14,15)(H,16,17). The number of aromatic nitrogens is 2. The lowest BCUT2D eigenvalue weighted by atomic mass is 10.0. The normalized spacial score (nSPS) is 10.5. The molecule has 2 N–H and O–H groups in total. The molecular formula is C13H14N2O2. The lowest BCUT2D eigenvalue weighted by molar-refractivity contribution is 0.0684. The molecule has 17 heavy (non-hydrogen) atoms. The van der Waals surface area contributed by atoms with E-state index in [2.05, 4.69) is 9.97 Å². The molecule has 0 radical (unpaired) electrons. The van der Waals surface area contributed by atoms with Crippen LogP contribution in [0.15, 0.2) is 18.2 Å². The smallest absolute Gasteiger partial charge is 0.371 e. The summed E-state index contributed by atoms with van der Waals surface area (Å²) in [4.78, 5) is 17.8. The second-order valence-corrected chi connectivity index (χ2v) is 4.18. The van der Waals surface area contributed by atoms with Crippen LogP contribution < -0.4 is 0 Å². The largest absolute Gasteiger partial charge is 0.475 e. The second-order valence-electron chi connectivity index (χ2n) is 4.18. The molecule has 2 rings (SSSR count). The minimum atomic E-state index is -1.04. The summed E-state index contributed by atoms with van der Waals surface area (Å²) < 4.78 is 0. The van der Waals surface area contributed by atoms with Gasteiger partial charge in [-0.15, -0.1) is 0 Å². The lowest BCUT2D eigenvalue weighted by Crippen LogP contribution is -1.98. The molecule has 0 unspecified atom stereocenters. The molecular weight excluding hydrogens is 216 g/mol. The third-order valence-corrected chi connectivity index (χ3v) is 2.74. The predicted octanol–water partition coefficient (Wildman–Crippen LogP) is 2.70. The number of rotatable bonds is 2. The van der Waals surface area contributed by atoms with Crippen molar-refractivity contribution < 1.29 is 9.90 Å². The van der Waals surface area contributed by atoms with Gasteiger partial charge in [-0.2, -0.15) is 0 Å². The summed E-state index contributed by atoms with van der Waals surface area (Å²) >= 11 is 0. The zero-order valence-corrected chi connectivity index (χ0v) is 10.0. The Hall–Kier alpha value is -2.10. The van der Waals surface area contributed by atoms with Crippen LogP contribution in [0.4, 0.5) is 0 Å². The predicted molar refractivity (Wildman–Crippen MR) is 65.2 cm³/mol. The zero-order chi connectivity index (χ0) is 12.6. The fourth-order valence-corrected chi connectivity index (χ4v) is 1.81. The molecule has 0 aliphatic heterocycles. The SMILES string of the molecule is Cc1ccc(C)c(-c2nc(C(=O)O)[nH]c2C)c1. The number of nitrogens with zero attached hydrogens (tertiary/aromatic N) is 1. The van der Waals surface area contributed by atoms with E-state index >= 15 is 0 Å². The number of carboxylic acid groups (broad SMARTS) is 1. The first kappa shape index (κ1) is 11.4. The van der Waals surface area contributed by atoms with Gasteiger partial charge in [-0.1, -0.05) is 17.7 Å². The number of nitrogens with one attached hydrogen (secondary N) is 1.